The van der Waals surface area contributed by atoms with E-state index in [1.54, 1.807) is 6.33 Å². The molecule has 10 heavy (non-hydrogen) atoms. The van der Waals surface area contributed by atoms with E-state index in [1.165, 1.54) is 0 Å². The molecule has 0 aliphatic heterocycles. The Kier molecular flexibility index (Phi) is 5.41. The van der Waals surface area contributed by atoms with Gasteiger partial charge in [-0.15, -0.1) is 0 Å². The topological polar surface area (TPSA) is 66.7 Å². The van der Waals surface area contributed by atoms with Crippen molar-refractivity contribution in [2.45, 2.75) is 6.42 Å². The van der Waals surface area contributed by atoms with Gasteiger partial charge in [-0.2, -0.15) is 0 Å². The Labute approximate surface area is 72.6 Å². The summed E-state index contributed by atoms with van der Waals surface area (Å²) in [5, 5.41) is 0. The molecule has 1 rings (SSSR count). The van der Waals surface area contributed by atoms with Gasteiger partial charge in [-0.3, -0.25) is 11.3 Å². The molecule has 0 fully saturated rings. The average molecular weight is 316 g/mol. The van der Waals surface area contributed by atoms with E-state index in [4.69, 9.17) is 5.84 Å². The molecule has 0 bridgehead atoms. The third-order valence-electron chi connectivity index (χ3n) is 1.08. The van der Waals surface area contributed by atoms with Crippen LogP contribution < -0.4 is 11.3 Å². The maximum atomic E-state index is 5.06. The van der Waals surface area contributed by atoms with Crippen molar-refractivity contribution in [1.29, 1.82) is 0 Å². The molecular weight excluding hydrogens is 306 g/mol. The van der Waals surface area contributed by atoms with Gasteiger partial charge in [0.15, 0.2) is 0 Å². The van der Waals surface area contributed by atoms with E-state index >= 15 is 0 Å². The van der Waals surface area contributed by atoms with Crippen LogP contribution in [-0.2, 0) is 26.2 Å². The van der Waals surface area contributed by atoms with E-state index in [1.807, 2.05) is 6.20 Å². The summed E-state index contributed by atoms with van der Waals surface area (Å²) in [4.78, 5) is 6.86. The van der Waals surface area contributed by atoms with E-state index in [-0.39, 0.29) is 19.8 Å². The second-order valence-electron chi connectivity index (χ2n) is 1.76. The van der Waals surface area contributed by atoms with E-state index in [9.17, 15) is 0 Å². The minimum absolute atomic E-state index is 0. The van der Waals surface area contributed by atoms with Gasteiger partial charge in [0.05, 0.1) is 12.0 Å². The molecular formula is C5H10N4Os. The summed E-state index contributed by atoms with van der Waals surface area (Å²) in [6.07, 6.45) is 4.39. The van der Waals surface area contributed by atoms with Gasteiger partial charge >= 0.3 is 0 Å². The average Bonchev–Trinajstić information content (AvgIpc) is 2.34. The molecule has 0 aromatic carbocycles. The van der Waals surface area contributed by atoms with Crippen LogP contribution in [0.3, 0.4) is 0 Å². The molecule has 1 heterocycles. The molecule has 4 N–H and O–H groups in total. The SMILES string of the molecule is NNCCc1c[nH]cn1.[Os]. The number of aromatic nitrogens is 2. The van der Waals surface area contributed by atoms with Crippen LogP contribution in [0.4, 0.5) is 0 Å². The van der Waals surface area contributed by atoms with Crippen molar-refractivity contribution in [3.63, 3.8) is 0 Å². The normalized spacial score (nSPS) is 8.90. The molecule has 0 saturated heterocycles. The van der Waals surface area contributed by atoms with Crippen molar-refractivity contribution < 1.29 is 19.8 Å². The Bertz CT molecular complexity index is 151. The van der Waals surface area contributed by atoms with Crippen LogP contribution in [0, 0.1) is 0 Å². The monoisotopic (exact) mass is 318 g/mol. The number of hydrogen-bond donors (Lipinski definition) is 3. The quantitative estimate of drug-likeness (QED) is 0.516. The molecule has 1 aromatic heterocycles. The predicted octanol–water partition coefficient (Wildman–Crippen LogP) is -0.587. The first kappa shape index (κ1) is 9.77. The molecule has 5 heteroatoms. The number of H-pyrrole nitrogens is 1. The van der Waals surface area contributed by atoms with Crippen LogP contribution in [0.2, 0.25) is 0 Å². The largest absolute Gasteiger partial charge is 0.351 e. The van der Waals surface area contributed by atoms with E-state index in [0.29, 0.717) is 0 Å². The molecule has 4 nitrogen and oxygen atoms in total. The Morgan fingerprint density at radius 1 is 1.70 bits per heavy atom. The molecule has 1 aromatic rings. The van der Waals surface area contributed by atoms with Gasteiger partial charge in [-0.05, 0) is 0 Å². The first-order valence-corrected chi connectivity index (χ1v) is 2.84. The molecule has 0 unspecified atom stereocenters. The van der Waals surface area contributed by atoms with Crippen LogP contribution in [0.5, 0.6) is 0 Å². The van der Waals surface area contributed by atoms with Crippen LogP contribution in [0.1, 0.15) is 5.69 Å². The second kappa shape index (κ2) is 5.54. The van der Waals surface area contributed by atoms with Gasteiger partial charge in [-0.1, -0.05) is 0 Å². The third-order valence-corrected chi connectivity index (χ3v) is 1.08. The number of hydrazine groups is 1. The molecule has 0 atom stereocenters. The van der Waals surface area contributed by atoms with Gasteiger partial charge in [0.2, 0.25) is 0 Å². The second-order valence-corrected chi connectivity index (χ2v) is 1.76. The summed E-state index contributed by atoms with van der Waals surface area (Å²) in [7, 11) is 0. The van der Waals surface area contributed by atoms with Crippen molar-refractivity contribution in [3.05, 3.63) is 18.2 Å². The maximum absolute atomic E-state index is 5.06. The summed E-state index contributed by atoms with van der Waals surface area (Å²) >= 11 is 0. The number of nitrogens with zero attached hydrogens (tertiary/aromatic N) is 1. The molecule has 0 radical (unpaired) electrons. The van der Waals surface area contributed by atoms with Crippen LogP contribution in [0.15, 0.2) is 12.5 Å². The van der Waals surface area contributed by atoms with Gasteiger partial charge in [0.1, 0.15) is 0 Å². The zero-order valence-corrected chi connectivity index (χ0v) is 7.99. The van der Waals surface area contributed by atoms with Crippen molar-refractivity contribution >= 4 is 0 Å². The molecule has 0 aliphatic rings. The summed E-state index contributed by atoms with van der Waals surface area (Å²) in [6.45, 7) is 0.769. The zero-order chi connectivity index (χ0) is 6.53. The van der Waals surface area contributed by atoms with Gasteiger partial charge < -0.3 is 4.98 Å². The molecule has 58 valence electrons. The van der Waals surface area contributed by atoms with Gasteiger partial charge in [0.25, 0.3) is 0 Å². The fourth-order valence-electron chi connectivity index (χ4n) is 0.628. The summed E-state index contributed by atoms with van der Waals surface area (Å²) in [5.41, 5.74) is 3.59. The Balaban J connectivity index is 0.000000810. The van der Waals surface area contributed by atoms with Gasteiger partial charge in [0, 0.05) is 39.0 Å². The van der Waals surface area contributed by atoms with Gasteiger partial charge in [-0.25, -0.2) is 4.98 Å². The van der Waals surface area contributed by atoms with Crippen molar-refractivity contribution in [2.75, 3.05) is 6.54 Å². The number of rotatable bonds is 3. The number of nitrogens with one attached hydrogen (secondary N) is 2. The molecule has 0 amide bonds. The first-order chi connectivity index (χ1) is 4.43. The number of aromatic amines is 1. The molecule has 0 saturated carbocycles. The third kappa shape index (κ3) is 3.07. The van der Waals surface area contributed by atoms with Crippen molar-refractivity contribution in [2.24, 2.45) is 5.84 Å². The summed E-state index contributed by atoms with van der Waals surface area (Å²) in [6, 6.07) is 0. The first-order valence-electron chi connectivity index (χ1n) is 2.84. The summed E-state index contributed by atoms with van der Waals surface area (Å²) < 4.78 is 0. The van der Waals surface area contributed by atoms with Crippen molar-refractivity contribution in [1.82, 2.24) is 15.4 Å². The maximum Gasteiger partial charge on any atom is 0.0923 e. The zero-order valence-electron chi connectivity index (χ0n) is 5.45. The van der Waals surface area contributed by atoms with E-state index in [0.717, 1.165) is 18.7 Å². The predicted molar refractivity (Wildman–Crippen MR) is 34.5 cm³/mol. The Morgan fingerprint density at radius 2 is 2.50 bits per heavy atom. The van der Waals surface area contributed by atoms with Crippen LogP contribution in [-0.4, -0.2) is 16.5 Å². The van der Waals surface area contributed by atoms with E-state index in [2.05, 4.69) is 15.4 Å². The standard InChI is InChI=1S/C5H10N4.Os/c6-9-2-1-5-3-7-4-8-5;/h3-4,9H,1-2,6H2,(H,7,8);. The minimum atomic E-state index is 0. The fourth-order valence-corrected chi connectivity index (χ4v) is 0.628. The number of hydrogen-bond acceptors (Lipinski definition) is 3. The number of nitrogens with two attached hydrogens (primary N) is 1. The number of imidazole rings is 1. The summed E-state index contributed by atoms with van der Waals surface area (Å²) in [5.74, 6) is 5.06. The fraction of sp³-hybridized carbons (Fsp3) is 0.400. The van der Waals surface area contributed by atoms with E-state index < -0.39 is 0 Å². The Hall–Kier alpha value is -0.234. The molecule has 0 aliphatic carbocycles. The Morgan fingerprint density at radius 3 is 3.00 bits per heavy atom. The van der Waals surface area contributed by atoms with Crippen LogP contribution >= 0.6 is 0 Å². The molecule has 0 spiro atoms. The minimum Gasteiger partial charge on any atom is -0.351 e. The smallest absolute Gasteiger partial charge is 0.0923 e. The van der Waals surface area contributed by atoms with Crippen molar-refractivity contribution in [3.8, 4) is 0 Å². The van der Waals surface area contributed by atoms with Crippen LogP contribution in [0.25, 0.3) is 0 Å².